The molecule has 9 heteroatoms. The third kappa shape index (κ3) is 4.01. The molecular weight excluding hydrogens is 413 g/mol. The minimum absolute atomic E-state index is 0.0612. The van der Waals surface area contributed by atoms with Crippen LogP contribution in [0.15, 0.2) is 65.3 Å². The van der Waals surface area contributed by atoms with Crippen molar-refractivity contribution >= 4 is 44.8 Å². The van der Waals surface area contributed by atoms with Gasteiger partial charge in [0, 0.05) is 28.6 Å². The number of hydrogen-bond donors (Lipinski definition) is 0. The Kier molecular flexibility index (Phi) is 5.32. The molecule has 2 heterocycles. The Hall–Kier alpha value is -3.17. The molecule has 0 unspecified atom stereocenters. The van der Waals surface area contributed by atoms with Crippen molar-refractivity contribution in [1.29, 1.82) is 0 Å². The molecule has 0 radical (unpaired) electrons. The maximum Gasteiger partial charge on any atom is 0.269 e. The molecule has 0 saturated carbocycles. The number of non-ortho nitro benzene ring substituents is 1. The molecule has 2 aromatic carbocycles. The van der Waals surface area contributed by atoms with Crippen LogP contribution >= 0.6 is 23.1 Å². The van der Waals surface area contributed by atoms with Crippen LogP contribution in [0, 0.1) is 15.9 Å². The van der Waals surface area contributed by atoms with Crippen LogP contribution in [0.4, 0.5) is 10.1 Å². The summed E-state index contributed by atoms with van der Waals surface area (Å²) in [6.07, 6.45) is 1.45. The van der Waals surface area contributed by atoms with E-state index in [0.717, 1.165) is 21.3 Å². The number of thioether (sulfide) groups is 1. The van der Waals surface area contributed by atoms with Gasteiger partial charge in [-0.3, -0.25) is 14.9 Å². The van der Waals surface area contributed by atoms with Gasteiger partial charge in [-0.25, -0.2) is 14.4 Å². The first-order chi connectivity index (χ1) is 14.0. The number of rotatable bonds is 6. The van der Waals surface area contributed by atoms with Gasteiger partial charge in [0.05, 0.1) is 16.1 Å². The summed E-state index contributed by atoms with van der Waals surface area (Å²) in [5, 5.41) is 14.2. The highest BCUT2D eigenvalue weighted by atomic mass is 32.2. The highest BCUT2D eigenvalue weighted by Gasteiger charge is 2.16. The number of halogens is 1. The first-order valence-electron chi connectivity index (χ1n) is 8.41. The van der Waals surface area contributed by atoms with Crippen LogP contribution in [0.1, 0.15) is 10.4 Å². The molecule has 0 saturated heterocycles. The topological polar surface area (TPSA) is 86.0 Å². The number of nitro groups is 1. The van der Waals surface area contributed by atoms with Crippen molar-refractivity contribution in [2.45, 2.75) is 5.03 Å². The van der Waals surface area contributed by atoms with Crippen molar-refractivity contribution < 1.29 is 14.1 Å². The molecule has 0 atom stereocenters. The summed E-state index contributed by atoms with van der Waals surface area (Å²) in [4.78, 5) is 32.1. The third-order valence-corrected chi connectivity index (χ3v) is 6.11. The average Bonchev–Trinajstić information content (AvgIpc) is 3.17. The number of carbonyl (C=O) groups excluding carboxylic acids is 1. The fourth-order valence-corrected chi connectivity index (χ4v) is 4.67. The highest BCUT2D eigenvalue weighted by Crippen LogP contribution is 2.38. The zero-order valence-electron chi connectivity index (χ0n) is 14.7. The number of hydrogen-bond acceptors (Lipinski definition) is 7. The molecule has 0 fully saturated rings. The summed E-state index contributed by atoms with van der Waals surface area (Å²) in [6, 6.07) is 11.7. The van der Waals surface area contributed by atoms with Gasteiger partial charge in [-0.2, -0.15) is 0 Å². The Morgan fingerprint density at radius 2 is 1.83 bits per heavy atom. The Morgan fingerprint density at radius 1 is 1.10 bits per heavy atom. The normalized spacial score (nSPS) is 10.9. The van der Waals surface area contributed by atoms with E-state index in [1.165, 1.54) is 65.8 Å². The number of Topliss-reactive ketones (excluding diaryl/α,β-unsaturated/α-hetero) is 1. The van der Waals surface area contributed by atoms with Crippen molar-refractivity contribution in [2.24, 2.45) is 0 Å². The van der Waals surface area contributed by atoms with Gasteiger partial charge in [0.1, 0.15) is 22.0 Å². The van der Waals surface area contributed by atoms with Crippen molar-refractivity contribution in [1.82, 2.24) is 9.97 Å². The molecule has 4 rings (SSSR count). The second-order valence-electron chi connectivity index (χ2n) is 6.03. The zero-order valence-corrected chi connectivity index (χ0v) is 16.4. The first-order valence-corrected chi connectivity index (χ1v) is 10.3. The Morgan fingerprint density at radius 3 is 2.52 bits per heavy atom. The Balaban J connectivity index is 1.59. The van der Waals surface area contributed by atoms with Crippen molar-refractivity contribution in [3.05, 3.63) is 81.7 Å². The van der Waals surface area contributed by atoms with Crippen molar-refractivity contribution in [3.8, 4) is 11.1 Å². The van der Waals surface area contributed by atoms with Gasteiger partial charge in [0.25, 0.3) is 5.69 Å². The Labute approximate surface area is 172 Å². The lowest BCUT2D eigenvalue weighted by molar-refractivity contribution is -0.384. The monoisotopic (exact) mass is 425 g/mol. The summed E-state index contributed by atoms with van der Waals surface area (Å²) >= 11 is 2.73. The lowest BCUT2D eigenvalue weighted by atomic mass is 10.1. The van der Waals surface area contributed by atoms with E-state index in [2.05, 4.69) is 9.97 Å². The fourth-order valence-electron chi connectivity index (χ4n) is 2.79. The van der Waals surface area contributed by atoms with E-state index in [1.807, 2.05) is 5.38 Å². The van der Waals surface area contributed by atoms with Gasteiger partial charge in [0.2, 0.25) is 0 Å². The molecular formula is C20H12FN3O3S2. The number of ketones is 1. The molecule has 29 heavy (non-hydrogen) atoms. The smallest absolute Gasteiger partial charge is 0.269 e. The molecule has 4 aromatic rings. The van der Waals surface area contributed by atoms with Crippen LogP contribution < -0.4 is 0 Å². The summed E-state index contributed by atoms with van der Waals surface area (Å²) < 4.78 is 13.3. The van der Waals surface area contributed by atoms with Crippen LogP contribution in [0.3, 0.4) is 0 Å². The van der Waals surface area contributed by atoms with Gasteiger partial charge >= 0.3 is 0 Å². The van der Waals surface area contributed by atoms with Crippen LogP contribution in [-0.2, 0) is 0 Å². The van der Waals surface area contributed by atoms with E-state index in [0.29, 0.717) is 10.6 Å². The van der Waals surface area contributed by atoms with Crippen LogP contribution in [0.5, 0.6) is 0 Å². The first kappa shape index (κ1) is 19.2. The van der Waals surface area contributed by atoms with Crippen LogP contribution in [0.25, 0.3) is 21.3 Å². The van der Waals surface area contributed by atoms with E-state index in [1.54, 1.807) is 12.1 Å². The number of nitro benzene ring substituents is 1. The molecule has 0 aliphatic carbocycles. The van der Waals surface area contributed by atoms with E-state index < -0.39 is 4.92 Å². The number of fused-ring (bicyclic) bond motifs is 1. The second-order valence-corrected chi connectivity index (χ2v) is 7.85. The predicted octanol–water partition coefficient (Wildman–Crippen LogP) is 5.38. The second kappa shape index (κ2) is 8.06. The molecule has 0 aliphatic rings. The van der Waals surface area contributed by atoms with Gasteiger partial charge in [-0.1, -0.05) is 23.9 Å². The number of benzene rings is 2. The minimum atomic E-state index is -0.506. The highest BCUT2D eigenvalue weighted by molar-refractivity contribution is 8.00. The summed E-state index contributed by atoms with van der Waals surface area (Å²) in [5.74, 6) is -0.342. The van der Waals surface area contributed by atoms with E-state index >= 15 is 0 Å². The van der Waals surface area contributed by atoms with Gasteiger partial charge < -0.3 is 0 Å². The molecule has 6 nitrogen and oxygen atoms in total. The van der Waals surface area contributed by atoms with E-state index in [9.17, 15) is 19.3 Å². The largest absolute Gasteiger partial charge is 0.293 e. The predicted molar refractivity (Wildman–Crippen MR) is 111 cm³/mol. The summed E-state index contributed by atoms with van der Waals surface area (Å²) in [5.41, 5.74) is 2.07. The lowest BCUT2D eigenvalue weighted by Gasteiger charge is -2.05. The Bertz CT molecular complexity index is 1210. The number of carbonyl (C=O) groups is 1. The summed E-state index contributed by atoms with van der Waals surface area (Å²) in [7, 11) is 0. The molecule has 0 spiro atoms. The van der Waals surface area contributed by atoms with Crippen molar-refractivity contribution in [2.75, 3.05) is 5.75 Å². The SMILES string of the molecule is O=C(CSc1ncnc2scc(-c3ccc(F)cc3)c12)c1ccc([N+](=O)[O-])cc1. The molecule has 0 aliphatic heterocycles. The quantitative estimate of drug-likeness (QED) is 0.136. The van der Waals surface area contributed by atoms with Crippen LogP contribution in [0.2, 0.25) is 0 Å². The lowest BCUT2D eigenvalue weighted by Crippen LogP contribution is -2.03. The van der Waals surface area contributed by atoms with Gasteiger partial charge in [-0.05, 0) is 29.8 Å². The number of aromatic nitrogens is 2. The maximum absolute atomic E-state index is 13.3. The summed E-state index contributed by atoms with van der Waals surface area (Å²) in [6.45, 7) is 0. The number of nitrogens with zero attached hydrogens (tertiary/aromatic N) is 3. The van der Waals surface area contributed by atoms with Gasteiger partial charge in [-0.15, -0.1) is 11.3 Å². The van der Waals surface area contributed by atoms with Crippen molar-refractivity contribution in [3.63, 3.8) is 0 Å². The number of thiophene rings is 1. The molecule has 2 aromatic heterocycles. The third-order valence-electron chi connectivity index (χ3n) is 4.23. The van der Waals surface area contributed by atoms with E-state index in [-0.39, 0.29) is 23.0 Å². The van der Waals surface area contributed by atoms with E-state index in [4.69, 9.17) is 0 Å². The molecule has 0 bridgehead atoms. The average molecular weight is 425 g/mol. The molecule has 0 amide bonds. The fraction of sp³-hybridized carbons (Fsp3) is 0.0500. The minimum Gasteiger partial charge on any atom is -0.293 e. The standard InChI is InChI=1S/C20H12FN3O3S2/c21-14-5-1-12(2-6-14)16-9-28-19-18(16)20(23-11-22-19)29-10-17(25)13-3-7-15(8-4-13)24(26)27/h1-9,11H,10H2. The van der Waals surface area contributed by atoms with Gasteiger partial charge in [0.15, 0.2) is 5.78 Å². The zero-order chi connectivity index (χ0) is 20.4. The molecule has 144 valence electrons. The maximum atomic E-state index is 13.3. The molecule has 0 N–H and O–H groups in total. The van der Waals surface area contributed by atoms with Crippen LogP contribution in [-0.4, -0.2) is 26.4 Å².